The van der Waals surface area contributed by atoms with Crippen LogP contribution in [0.4, 0.5) is 9.18 Å². The molecule has 1 saturated heterocycles. The number of halogens is 2. The maximum Gasteiger partial charge on any atom is 0.350 e. The van der Waals surface area contributed by atoms with Gasteiger partial charge in [0.1, 0.15) is 16.2 Å². The summed E-state index contributed by atoms with van der Waals surface area (Å²) in [7, 11) is 0. The van der Waals surface area contributed by atoms with Crippen molar-refractivity contribution in [3.8, 4) is 0 Å². The molecule has 1 aliphatic carbocycles. The van der Waals surface area contributed by atoms with Gasteiger partial charge in [0.15, 0.2) is 6.61 Å². The van der Waals surface area contributed by atoms with E-state index in [1.807, 2.05) is 0 Å². The van der Waals surface area contributed by atoms with Crippen LogP contribution in [0.25, 0.3) is 10.1 Å². The number of ether oxygens (including phenoxy) is 1. The Morgan fingerprint density at radius 2 is 2.00 bits per heavy atom. The maximum atomic E-state index is 13.4. The number of benzene rings is 1. The Morgan fingerprint density at radius 1 is 1.27 bits per heavy atom. The minimum absolute atomic E-state index is 0.0289. The number of thiophene rings is 1. The van der Waals surface area contributed by atoms with Gasteiger partial charge in [0.2, 0.25) is 0 Å². The number of nitrogens with one attached hydrogen (secondary N) is 2. The van der Waals surface area contributed by atoms with Crippen molar-refractivity contribution in [1.29, 1.82) is 0 Å². The van der Waals surface area contributed by atoms with E-state index in [-0.39, 0.29) is 9.90 Å². The van der Waals surface area contributed by atoms with E-state index in [1.54, 1.807) is 0 Å². The quantitative estimate of drug-likeness (QED) is 0.546. The summed E-state index contributed by atoms with van der Waals surface area (Å²) in [6.45, 7) is -0.720. The number of carbonyl (C=O) groups is 4. The normalized spacial score (nSPS) is 18.0. The lowest BCUT2D eigenvalue weighted by atomic mass is 9.82. The van der Waals surface area contributed by atoms with Crippen LogP contribution in [0.5, 0.6) is 0 Å². The van der Waals surface area contributed by atoms with E-state index in [9.17, 15) is 23.6 Å². The predicted octanol–water partition coefficient (Wildman–Crippen LogP) is 3.14. The summed E-state index contributed by atoms with van der Waals surface area (Å²) in [5.41, 5.74) is 1.21. The van der Waals surface area contributed by atoms with Gasteiger partial charge >= 0.3 is 12.0 Å². The van der Waals surface area contributed by atoms with Crippen LogP contribution in [0.3, 0.4) is 0 Å². The Morgan fingerprint density at radius 3 is 2.73 bits per heavy atom. The Bertz CT molecular complexity index is 1070. The fourth-order valence-corrected chi connectivity index (χ4v) is 5.17. The van der Waals surface area contributed by atoms with Gasteiger partial charge < -0.3 is 10.1 Å². The lowest BCUT2D eigenvalue weighted by Gasteiger charge is -2.30. The van der Waals surface area contributed by atoms with Crippen molar-refractivity contribution in [2.75, 3.05) is 6.61 Å². The minimum atomic E-state index is -0.973. The molecule has 2 fully saturated rings. The highest BCUT2D eigenvalue weighted by atomic mass is 35.5. The second kappa shape index (κ2) is 7.84. The van der Waals surface area contributed by atoms with E-state index in [0.29, 0.717) is 27.9 Å². The number of fused-ring (bicyclic) bond motifs is 1. The third-order valence-corrected chi connectivity index (χ3v) is 6.85. The number of rotatable bonds is 4. The van der Waals surface area contributed by atoms with Crippen molar-refractivity contribution in [3.05, 3.63) is 33.9 Å². The Labute approximate surface area is 179 Å². The van der Waals surface area contributed by atoms with Crippen LogP contribution in [-0.4, -0.2) is 41.0 Å². The zero-order chi connectivity index (χ0) is 21.5. The Kier molecular flexibility index (Phi) is 5.37. The van der Waals surface area contributed by atoms with Gasteiger partial charge in [0.05, 0.1) is 5.02 Å². The van der Waals surface area contributed by atoms with Gasteiger partial charge in [-0.1, -0.05) is 30.9 Å². The molecule has 8 nitrogen and oxygen atoms in total. The molecule has 11 heteroatoms. The van der Waals surface area contributed by atoms with Gasteiger partial charge in [-0.15, -0.1) is 11.3 Å². The maximum absolute atomic E-state index is 13.4. The average Bonchev–Trinajstić information content (AvgIpc) is 3.16. The van der Waals surface area contributed by atoms with Gasteiger partial charge in [0.25, 0.3) is 11.8 Å². The molecule has 0 bridgehead atoms. The lowest BCUT2D eigenvalue weighted by molar-refractivity contribution is -0.140. The Balaban J connectivity index is 1.38. The molecule has 1 saturated carbocycles. The number of imide groups is 1. The monoisotopic (exact) mass is 453 g/mol. The van der Waals surface area contributed by atoms with Crippen LogP contribution < -0.4 is 10.7 Å². The zero-order valence-corrected chi connectivity index (χ0v) is 17.2. The summed E-state index contributed by atoms with van der Waals surface area (Å²) in [6, 6.07) is 3.21. The number of nitrogens with zero attached hydrogens (tertiary/aromatic N) is 1. The molecule has 2 heterocycles. The molecule has 2 aromatic rings. The molecule has 4 amide bonds. The first-order chi connectivity index (χ1) is 14.3. The second-order valence-electron chi connectivity index (χ2n) is 7.21. The van der Waals surface area contributed by atoms with Crippen molar-refractivity contribution in [1.82, 2.24) is 15.8 Å². The standard InChI is InChI=1S/C19H17ClFN3O5S/c20-14-11-5-4-10(21)8-12(11)30-15(14)16(26)29-9-13(25)23-24-17(27)19(22-18(24)28)6-2-1-3-7-19/h4-5,8H,1-3,6-7,9H2,(H,22,28)(H,23,25). The van der Waals surface area contributed by atoms with E-state index < -0.39 is 41.8 Å². The van der Waals surface area contributed by atoms with Crippen molar-refractivity contribution in [2.45, 2.75) is 37.6 Å². The number of urea groups is 1. The van der Waals surface area contributed by atoms with E-state index >= 15 is 0 Å². The minimum Gasteiger partial charge on any atom is -0.451 e. The molecule has 1 spiro atoms. The SMILES string of the molecule is O=C(COC(=O)c1sc2cc(F)ccc2c1Cl)NN1C(=O)NC2(CCCCC2)C1=O. The van der Waals surface area contributed by atoms with Crippen molar-refractivity contribution in [2.24, 2.45) is 0 Å². The van der Waals surface area contributed by atoms with Gasteiger partial charge in [-0.2, -0.15) is 5.01 Å². The van der Waals surface area contributed by atoms with Gasteiger partial charge in [-0.25, -0.2) is 14.0 Å². The summed E-state index contributed by atoms with van der Waals surface area (Å²) < 4.78 is 18.8. The largest absolute Gasteiger partial charge is 0.451 e. The van der Waals surface area contributed by atoms with Gasteiger partial charge in [-0.3, -0.25) is 15.0 Å². The highest BCUT2D eigenvalue weighted by Gasteiger charge is 2.52. The summed E-state index contributed by atoms with van der Waals surface area (Å²) in [4.78, 5) is 49.3. The van der Waals surface area contributed by atoms with E-state index in [4.69, 9.17) is 16.3 Å². The second-order valence-corrected chi connectivity index (χ2v) is 8.64. The topological polar surface area (TPSA) is 105 Å². The van der Waals surface area contributed by atoms with Crippen LogP contribution in [0, 0.1) is 5.82 Å². The molecule has 0 unspecified atom stereocenters. The van der Waals surface area contributed by atoms with Crippen molar-refractivity contribution >= 4 is 56.8 Å². The molecule has 1 aromatic heterocycles. The summed E-state index contributed by atoms with van der Waals surface area (Å²) in [5, 5.41) is 3.90. The third kappa shape index (κ3) is 3.61. The smallest absolute Gasteiger partial charge is 0.350 e. The Hall–Kier alpha value is -2.72. The molecule has 2 N–H and O–H groups in total. The molecule has 4 rings (SSSR count). The van der Waals surface area contributed by atoms with Crippen LogP contribution in [0.1, 0.15) is 41.8 Å². The third-order valence-electron chi connectivity index (χ3n) is 5.22. The number of hydrazine groups is 1. The molecule has 0 radical (unpaired) electrons. The number of hydrogen-bond donors (Lipinski definition) is 2. The molecule has 2 aliphatic rings. The lowest BCUT2D eigenvalue weighted by Crippen LogP contribution is -2.51. The zero-order valence-electron chi connectivity index (χ0n) is 15.6. The van der Waals surface area contributed by atoms with E-state index in [1.165, 1.54) is 18.2 Å². The number of amides is 4. The fraction of sp³-hybridized carbons (Fsp3) is 0.368. The highest BCUT2D eigenvalue weighted by molar-refractivity contribution is 7.21. The molecule has 30 heavy (non-hydrogen) atoms. The first-order valence-electron chi connectivity index (χ1n) is 9.32. The number of hydrogen-bond acceptors (Lipinski definition) is 6. The van der Waals surface area contributed by atoms with Crippen LogP contribution >= 0.6 is 22.9 Å². The van der Waals surface area contributed by atoms with E-state index in [0.717, 1.165) is 30.6 Å². The molecular weight excluding hydrogens is 437 g/mol. The average molecular weight is 454 g/mol. The van der Waals surface area contributed by atoms with Gasteiger partial charge in [-0.05, 0) is 31.0 Å². The van der Waals surface area contributed by atoms with Crippen molar-refractivity contribution in [3.63, 3.8) is 0 Å². The van der Waals surface area contributed by atoms with Crippen LogP contribution in [0.15, 0.2) is 18.2 Å². The van der Waals surface area contributed by atoms with Gasteiger partial charge in [0, 0.05) is 10.1 Å². The fourth-order valence-electron chi connectivity index (χ4n) is 3.74. The summed E-state index contributed by atoms with van der Waals surface area (Å²) in [5.74, 6) is -2.69. The highest BCUT2D eigenvalue weighted by Crippen LogP contribution is 2.36. The predicted molar refractivity (Wildman–Crippen MR) is 106 cm³/mol. The number of carbonyl (C=O) groups excluding carboxylic acids is 4. The molecule has 158 valence electrons. The van der Waals surface area contributed by atoms with Crippen molar-refractivity contribution < 1.29 is 28.3 Å². The van der Waals surface area contributed by atoms with Crippen LogP contribution in [-0.2, 0) is 14.3 Å². The van der Waals surface area contributed by atoms with Crippen LogP contribution in [0.2, 0.25) is 5.02 Å². The molecule has 1 aromatic carbocycles. The summed E-state index contributed by atoms with van der Waals surface area (Å²) in [6.07, 6.45) is 3.64. The summed E-state index contributed by atoms with van der Waals surface area (Å²) >= 11 is 7.10. The molecule has 1 aliphatic heterocycles. The molecular formula is C19H17ClFN3O5S. The first kappa shape index (κ1) is 20.5. The van der Waals surface area contributed by atoms with E-state index in [2.05, 4.69) is 10.7 Å². The molecule has 0 atom stereocenters. The number of esters is 1. The first-order valence-corrected chi connectivity index (χ1v) is 10.5.